The van der Waals surface area contributed by atoms with E-state index in [9.17, 15) is 4.79 Å². The third-order valence-electron chi connectivity index (χ3n) is 5.64. The number of carbonyl (C=O) groups is 1. The minimum atomic E-state index is 0.193. The van der Waals surface area contributed by atoms with Gasteiger partial charge in [-0.05, 0) is 18.8 Å². The lowest BCUT2D eigenvalue weighted by Crippen LogP contribution is -2.53. The lowest BCUT2D eigenvalue weighted by molar-refractivity contribution is -0.130. The maximum atomic E-state index is 11.5. The Morgan fingerprint density at radius 2 is 1.92 bits per heavy atom. The molecule has 0 N–H and O–H groups in total. The standard InChI is InChI=1S/C17H27N5O2/c1-12-9-20(11-16-18-19-17(24-16)14-3-4-14)10-15(12)22-7-5-21(6-8-22)13(2)23/h12,14-15H,3-11H2,1-2H3/t12-,15-/m1/s1. The van der Waals surface area contributed by atoms with E-state index in [1.165, 1.54) is 12.8 Å². The summed E-state index contributed by atoms with van der Waals surface area (Å²) in [6, 6.07) is 0.560. The number of piperazine rings is 1. The summed E-state index contributed by atoms with van der Waals surface area (Å²) < 4.78 is 5.80. The van der Waals surface area contributed by atoms with Gasteiger partial charge in [0.1, 0.15) is 0 Å². The van der Waals surface area contributed by atoms with Crippen molar-refractivity contribution in [1.82, 2.24) is 24.9 Å². The van der Waals surface area contributed by atoms with Crippen LogP contribution in [0.15, 0.2) is 4.42 Å². The molecule has 2 saturated heterocycles. The van der Waals surface area contributed by atoms with Gasteiger partial charge in [0.2, 0.25) is 17.7 Å². The Morgan fingerprint density at radius 1 is 1.17 bits per heavy atom. The van der Waals surface area contributed by atoms with Gasteiger partial charge < -0.3 is 9.32 Å². The van der Waals surface area contributed by atoms with E-state index in [4.69, 9.17) is 4.42 Å². The summed E-state index contributed by atoms with van der Waals surface area (Å²) >= 11 is 0. The predicted molar refractivity (Wildman–Crippen MR) is 88.3 cm³/mol. The molecule has 0 aromatic carbocycles. The van der Waals surface area contributed by atoms with Crippen LogP contribution in [0.4, 0.5) is 0 Å². The first-order valence-corrected chi connectivity index (χ1v) is 9.14. The molecule has 3 heterocycles. The minimum absolute atomic E-state index is 0.193. The Balaban J connectivity index is 1.31. The zero-order valence-corrected chi connectivity index (χ0v) is 14.6. The van der Waals surface area contributed by atoms with Gasteiger partial charge in [0.15, 0.2) is 0 Å². The summed E-state index contributed by atoms with van der Waals surface area (Å²) in [6.45, 7) is 10.5. The molecule has 1 aromatic heterocycles. The molecule has 3 aliphatic rings. The van der Waals surface area contributed by atoms with Crippen LogP contribution in [-0.2, 0) is 11.3 Å². The molecular weight excluding hydrogens is 306 g/mol. The van der Waals surface area contributed by atoms with Gasteiger partial charge in [0.05, 0.1) is 6.54 Å². The van der Waals surface area contributed by atoms with Crippen molar-refractivity contribution in [2.45, 2.75) is 45.2 Å². The normalized spacial score (nSPS) is 29.3. The Kier molecular flexibility index (Phi) is 4.30. The van der Waals surface area contributed by atoms with Crippen LogP contribution in [0.2, 0.25) is 0 Å². The van der Waals surface area contributed by atoms with E-state index in [1.807, 2.05) is 4.90 Å². The van der Waals surface area contributed by atoms with Crippen LogP contribution in [0.5, 0.6) is 0 Å². The number of amides is 1. The van der Waals surface area contributed by atoms with Crippen molar-refractivity contribution in [3.8, 4) is 0 Å². The number of rotatable bonds is 4. The molecule has 2 atom stereocenters. The molecule has 132 valence electrons. The second-order valence-corrected chi connectivity index (χ2v) is 7.59. The summed E-state index contributed by atoms with van der Waals surface area (Å²) in [5.41, 5.74) is 0. The fourth-order valence-corrected chi connectivity index (χ4v) is 4.04. The van der Waals surface area contributed by atoms with Crippen molar-refractivity contribution >= 4 is 5.91 Å². The first-order chi connectivity index (χ1) is 11.6. The second-order valence-electron chi connectivity index (χ2n) is 7.59. The van der Waals surface area contributed by atoms with E-state index in [-0.39, 0.29) is 5.91 Å². The van der Waals surface area contributed by atoms with Crippen LogP contribution in [0, 0.1) is 5.92 Å². The maximum Gasteiger partial charge on any atom is 0.230 e. The average Bonchev–Trinajstić information content (AvgIpc) is 3.21. The highest BCUT2D eigenvalue weighted by molar-refractivity contribution is 5.73. The van der Waals surface area contributed by atoms with Crippen molar-refractivity contribution in [3.05, 3.63) is 11.8 Å². The molecule has 7 heteroatoms. The molecule has 7 nitrogen and oxygen atoms in total. The third kappa shape index (κ3) is 3.32. The maximum absolute atomic E-state index is 11.5. The number of carbonyl (C=O) groups excluding carboxylic acids is 1. The summed E-state index contributed by atoms with van der Waals surface area (Å²) in [4.78, 5) is 18.4. The van der Waals surface area contributed by atoms with E-state index in [1.54, 1.807) is 6.92 Å². The molecule has 4 rings (SSSR count). The second kappa shape index (κ2) is 6.44. The quantitative estimate of drug-likeness (QED) is 0.817. The molecule has 0 unspecified atom stereocenters. The van der Waals surface area contributed by atoms with Crippen LogP contribution in [0.1, 0.15) is 44.4 Å². The highest BCUT2D eigenvalue weighted by atomic mass is 16.4. The van der Waals surface area contributed by atoms with Crippen molar-refractivity contribution < 1.29 is 9.21 Å². The third-order valence-corrected chi connectivity index (χ3v) is 5.64. The molecule has 0 radical (unpaired) electrons. The molecule has 0 bridgehead atoms. The SMILES string of the molecule is CC(=O)N1CCN([C@@H]2CN(Cc3nnc(C4CC4)o3)C[C@H]2C)CC1. The summed E-state index contributed by atoms with van der Waals surface area (Å²) in [7, 11) is 0. The summed E-state index contributed by atoms with van der Waals surface area (Å²) in [5, 5.41) is 8.40. The zero-order valence-electron chi connectivity index (χ0n) is 14.6. The smallest absolute Gasteiger partial charge is 0.230 e. The molecule has 1 saturated carbocycles. The Morgan fingerprint density at radius 3 is 2.58 bits per heavy atom. The van der Waals surface area contributed by atoms with Gasteiger partial charge in [0.25, 0.3) is 0 Å². The monoisotopic (exact) mass is 333 g/mol. The number of aromatic nitrogens is 2. The van der Waals surface area contributed by atoms with Gasteiger partial charge in [-0.3, -0.25) is 14.6 Å². The van der Waals surface area contributed by atoms with Gasteiger partial charge >= 0.3 is 0 Å². The van der Waals surface area contributed by atoms with Gasteiger partial charge in [0, 0.05) is 58.2 Å². The summed E-state index contributed by atoms with van der Waals surface area (Å²) in [5.74, 6) is 2.92. The van der Waals surface area contributed by atoms with Gasteiger partial charge in [-0.1, -0.05) is 6.92 Å². The molecule has 3 fully saturated rings. The number of hydrogen-bond donors (Lipinski definition) is 0. The first-order valence-electron chi connectivity index (χ1n) is 9.14. The lowest BCUT2D eigenvalue weighted by atomic mass is 10.0. The van der Waals surface area contributed by atoms with Crippen LogP contribution < -0.4 is 0 Å². The number of nitrogens with zero attached hydrogens (tertiary/aromatic N) is 5. The van der Waals surface area contributed by atoms with Gasteiger partial charge in [-0.15, -0.1) is 10.2 Å². The Hall–Kier alpha value is -1.47. The highest BCUT2D eigenvalue weighted by Gasteiger charge is 2.36. The van der Waals surface area contributed by atoms with Gasteiger partial charge in [-0.2, -0.15) is 0 Å². The van der Waals surface area contributed by atoms with E-state index in [0.717, 1.165) is 57.6 Å². The van der Waals surface area contributed by atoms with E-state index in [0.29, 0.717) is 17.9 Å². The van der Waals surface area contributed by atoms with Gasteiger partial charge in [-0.25, -0.2) is 0 Å². The van der Waals surface area contributed by atoms with E-state index >= 15 is 0 Å². The molecular formula is C17H27N5O2. The van der Waals surface area contributed by atoms with Crippen molar-refractivity contribution in [2.24, 2.45) is 5.92 Å². The highest BCUT2D eigenvalue weighted by Crippen LogP contribution is 2.39. The number of likely N-dealkylation sites (tertiary alicyclic amines) is 1. The van der Waals surface area contributed by atoms with E-state index < -0.39 is 0 Å². The molecule has 0 spiro atoms. The Bertz CT molecular complexity index is 592. The minimum Gasteiger partial charge on any atom is -0.424 e. The van der Waals surface area contributed by atoms with Crippen LogP contribution in [0.25, 0.3) is 0 Å². The lowest BCUT2D eigenvalue weighted by Gasteiger charge is -2.39. The van der Waals surface area contributed by atoms with Crippen LogP contribution >= 0.6 is 0 Å². The molecule has 1 amide bonds. The molecule has 2 aliphatic heterocycles. The van der Waals surface area contributed by atoms with Crippen LogP contribution in [-0.4, -0.2) is 76.1 Å². The molecule has 24 heavy (non-hydrogen) atoms. The largest absolute Gasteiger partial charge is 0.424 e. The predicted octanol–water partition coefficient (Wildman–Crippen LogP) is 0.931. The fourth-order valence-electron chi connectivity index (χ4n) is 4.04. The summed E-state index contributed by atoms with van der Waals surface area (Å²) in [6.07, 6.45) is 2.38. The fraction of sp³-hybridized carbons (Fsp3) is 0.824. The molecule has 1 aliphatic carbocycles. The van der Waals surface area contributed by atoms with Crippen molar-refractivity contribution in [2.75, 3.05) is 39.3 Å². The van der Waals surface area contributed by atoms with Crippen LogP contribution in [0.3, 0.4) is 0 Å². The molecule has 1 aromatic rings. The topological polar surface area (TPSA) is 65.7 Å². The average molecular weight is 333 g/mol. The zero-order chi connectivity index (χ0) is 16.7. The number of hydrogen-bond acceptors (Lipinski definition) is 6. The van der Waals surface area contributed by atoms with E-state index in [2.05, 4.69) is 26.9 Å². The van der Waals surface area contributed by atoms with Crippen molar-refractivity contribution in [3.63, 3.8) is 0 Å². The first kappa shape index (κ1) is 16.0. The van der Waals surface area contributed by atoms with Crippen molar-refractivity contribution in [1.29, 1.82) is 0 Å². The Labute approximate surface area is 143 Å².